The summed E-state index contributed by atoms with van der Waals surface area (Å²) >= 11 is 0. The third-order valence-corrected chi connectivity index (χ3v) is 2.43. The molecule has 0 saturated carbocycles. The minimum absolute atomic E-state index is 0.114. The van der Waals surface area contributed by atoms with Gasteiger partial charge < -0.3 is 9.47 Å². The number of hydrogen-bond acceptors (Lipinski definition) is 3. The predicted molar refractivity (Wildman–Crippen MR) is 56.3 cm³/mol. The van der Waals surface area contributed by atoms with E-state index in [0.717, 1.165) is 0 Å². The van der Waals surface area contributed by atoms with Crippen LogP contribution >= 0.6 is 0 Å². The fourth-order valence-corrected chi connectivity index (χ4v) is 1.49. The van der Waals surface area contributed by atoms with Crippen molar-refractivity contribution in [1.82, 2.24) is 0 Å². The summed E-state index contributed by atoms with van der Waals surface area (Å²) in [6, 6.07) is 5.78. The largest absolute Gasteiger partial charge is 0.444 e. The number of fused-ring (bicyclic) bond motifs is 1. The van der Waals surface area contributed by atoms with E-state index in [4.69, 9.17) is 9.47 Å². The van der Waals surface area contributed by atoms with Crippen LogP contribution in [0.25, 0.3) is 0 Å². The van der Waals surface area contributed by atoms with Gasteiger partial charge in [-0.15, -0.1) is 0 Å². The Hall–Kier alpha value is -1.51. The Bertz CT molecular complexity index is 396. The average Bonchev–Trinajstić information content (AvgIpc) is 2.59. The summed E-state index contributed by atoms with van der Waals surface area (Å²) in [5, 5.41) is 0. The van der Waals surface area contributed by atoms with Gasteiger partial charge >= 0.3 is 6.29 Å². The number of ketones is 1. The molecule has 0 saturated heterocycles. The normalized spacial score (nSPS) is 18.3. The first-order chi connectivity index (χ1) is 7.08. The number of Topliss-reactive ketones (excluding diaryl/α,β-unsaturated/α-hetero) is 1. The molecule has 1 aliphatic rings. The summed E-state index contributed by atoms with van der Waals surface area (Å²) in [7, 11) is 0. The Labute approximate surface area is 89.0 Å². The molecule has 2 rings (SSSR count). The van der Waals surface area contributed by atoms with Gasteiger partial charge in [-0.05, 0) is 23.6 Å². The molecule has 1 aliphatic heterocycles. The molecule has 0 aromatic heterocycles. The van der Waals surface area contributed by atoms with Gasteiger partial charge in [0.25, 0.3) is 0 Å². The van der Waals surface area contributed by atoms with E-state index in [1.165, 1.54) is 12.5 Å². The predicted octanol–water partition coefficient (Wildman–Crippen LogP) is 2.50. The summed E-state index contributed by atoms with van der Waals surface area (Å²) in [5.74, 6) is 1.65. The number of carbonyl (C=O) groups is 1. The average molecular weight is 206 g/mol. The lowest BCUT2D eigenvalue weighted by Crippen LogP contribution is -2.26. The summed E-state index contributed by atoms with van der Waals surface area (Å²) in [5.41, 5.74) is 1.18. The first-order valence-electron chi connectivity index (χ1n) is 5.05. The molecular formula is C12H14O3. The van der Waals surface area contributed by atoms with E-state index in [9.17, 15) is 4.79 Å². The van der Waals surface area contributed by atoms with Gasteiger partial charge in [0.2, 0.25) is 5.78 Å². The summed E-state index contributed by atoms with van der Waals surface area (Å²) < 4.78 is 10.7. The van der Waals surface area contributed by atoms with Crippen LogP contribution in [0.15, 0.2) is 18.2 Å². The van der Waals surface area contributed by atoms with Gasteiger partial charge in [-0.25, -0.2) is 0 Å². The van der Waals surface area contributed by atoms with E-state index in [1.807, 2.05) is 18.2 Å². The van der Waals surface area contributed by atoms with Crippen molar-refractivity contribution in [2.75, 3.05) is 0 Å². The molecule has 0 N–H and O–H groups in total. The van der Waals surface area contributed by atoms with Gasteiger partial charge in [0.15, 0.2) is 11.5 Å². The van der Waals surface area contributed by atoms with Crippen molar-refractivity contribution < 1.29 is 14.3 Å². The van der Waals surface area contributed by atoms with Crippen LogP contribution in [0.3, 0.4) is 0 Å². The summed E-state index contributed by atoms with van der Waals surface area (Å²) in [6.45, 7) is 5.68. The van der Waals surface area contributed by atoms with Crippen molar-refractivity contribution in [3.8, 4) is 11.5 Å². The Morgan fingerprint density at radius 1 is 1.27 bits per heavy atom. The van der Waals surface area contributed by atoms with Crippen LogP contribution in [0, 0.1) is 0 Å². The second-order valence-electron chi connectivity index (χ2n) is 4.04. The van der Waals surface area contributed by atoms with Crippen LogP contribution in [0.4, 0.5) is 0 Å². The quantitative estimate of drug-likeness (QED) is 0.745. The third-order valence-electron chi connectivity index (χ3n) is 2.43. The molecule has 15 heavy (non-hydrogen) atoms. The topological polar surface area (TPSA) is 35.5 Å². The lowest BCUT2D eigenvalue weighted by molar-refractivity contribution is -0.132. The van der Waals surface area contributed by atoms with Crippen LogP contribution in [0.5, 0.6) is 11.5 Å². The van der Waals surface area contributed by atoms with Gasteiger partial charge in [0.1, 0.15) is 0 Å². The zero-order valence-electron chi connectivity index (χ0n) is 9.11. The first kappa shape index (κ1) is 10.0. The molecule has 0 fully saturated rings. The highest BCUT2D eigenvalue weighted by molar-refractivity contribution is 5.80. The Morgan fingerprint density at radius 2 is 1.93 bits per heavy atom. The highest BCUT2D eigenvalue weighted by Gasteiger charge is 2.28. The van der Waals surface area contributed by atoms with E-state index >= 15 is 0 Å². The second-order valence-corrected chi connectivity index (χ2v) is 4.04. The molecule has 1 atom stereocenters. The smallest absolute Gasteiger partial charge is 0.300 e. The van der Waals surface area contributed by atoms with Crippen LogP contribution in [0.2, 0.25) is 0 Å². The standard InChI is InChI=1S/C12H14O3/c1-7(2)9-4-5-10-11(6-9)15-12(14-10)8(3)13/h4-7,12H,1-3H3. The molecule has 0 radical (unpaired) electrons. The zero-order chi connectivity index (χ0) is 11.0. The second kappa shape index (κ2) is 3.57. The molecule has 80 valence electrons. The maximum absolute atomic E-state index is 11.1. The molecule has 1 unspecified atom stereocenters. The van der Waals surface area contributed by atoms with Crippen LogP contribution in [-0.2, 0) is 4.79 Å². The maximum Gasteiger partial charge on any atom is 0.300 e. The Balaban J connectivity index is 2.27. The minimum Gasteiger partial charge on any atom is -0.444 e. The van der Waals surface area contributed by atoms with Crippen molar-refractivity contribution in [2.24, 2.45) is 0 Å². The highest BCUT2D eigenvalue weighted by atomic mass is 16.7. The monoisotopic (exact) mass is 206 g/mol. The number of carbonyl (C=O) groups excluding carboxylic acids is 1. The molecular weight excluding hydrogens is 192 g/mol. The van der Waals surface area contributed by atoms with Gasteiger partial charge in [-0.2, -0.15) is 0 Å². The Kier molecular flexibility index (Phi) is 2.39. The number of benzene rings is 1. The molecule has 0 bridgehead atoms. The summed E-state index contributed by atoms with van der Waals surface area (Å²) in [6.07, 6.45) is -0.762. The molecule has 0 aliphatic carbocycles. The van der Waals surface area contributed by atoms with Crippen molar-refractivity contribution >= 4 is 5.78 Å². The van der Waals surface area contributed by atoms with Crippen molar-refractivity contribution in [3.05, 3.63) is 23.8 Å². The van der Waals surface area contributed by atoms with E-state index in [0.29, 0.717) is 17.4 Å². The maximum atomic E-state index is 11.1. The number of hydrogen-bond donors (Lipinski definition) is 0. The van der Waals surface area contributed by atoms with Crippen molar-refractivity contribution in [3.63, 3.8) is 0 Å². The first-order valence-corrected chi connectivity index (χ1v) is 5.05. The molecule has 0 amide bonds. The summed E-state index contributed by atoms with van der Waals surface area (Å²) in [4.78, 5) is 11.1. The van der Waals surface area contributed by atoms with E-state index in [1.54, 1.807) is 0 Å². The molecule has 3 heteroatoms. The number of rotatable bonds is 2. The Morgan fingerprint density at radius 3 is 2.53 bits per heavy atom. The SMILES string of the molecule is CC(=O)C1Oc2ccc(C(C)C)cc2O1. The van der Waals surface area contributed by atoms with Crippen LogP contribution in [-0.4, -0.2) is 12.1 Å². The molecule has 1 aromatic rings. The highest BCUT2D eigenvalue weighted by Crippen LogP contribution is 2.36. The zero-order valence-corrected chi connectivity index (χ0v) is 9.11. The van der Waals surface area contributed by atoms with Gasteiger partial charge in [0.05, 0.1) is 0 Å². The van der Waals surface area contributed by atoms with Crippen molar-refractivity contribution in [1.29, 1.82) is 0 Å². The van der Waals surface area contributed by atoms with Gasteiger partial charge in [-0.3, -0.25) is 4.79 Å². The number of ether oxygens (including phenoxy) is 2. The lowest BCUT2D eigenvalue weighted by Gasteiger charge is -2.05. The van der Waals surface area contributed by atoms with E-state index in [-0.39, 0.29) is 5.78 Å². The van der Waals surface area contributed by atoms with Crippen LogP contribution in [0.1, 0.15) is 32.3 Å². The lowest BCUT2D eigenvalue weighted by atomic mass is 10.0. The molecule has 1 aromatic carbocycles. The molecule has 0 spiro atoms. The van der Waals surface area contributed by atoms with Gasteiger partial charge in [0, 0.05) is 6.92 Å². The third kappa shape index (κ3) is 1.82. The molecule has 3 nitrogen and oxygen atoms in total. The van der Waals surface area contributed by atoms with Crippen LogP contribution < -0.4 is 9.47 Å². The van der Waals surface area contributed by atoms with E-state index < -0.39 is 6.29 Å². The fraction of sp³-hybridized carbons (Fsp3) is 0.417. The fourth-order valence-electron chi connectivity index (χ4n) is 1.49. The van der Waals surface area contributed by atoms with E-state index in [2.05, 4.69) is 13.8 Å². The minimum atomic E-state index is -0.762. The molecule has 1 heterocycles. The van der Waals surface area contributed by atoms with Gasteiger partial charge in [-0.1, -0.05) is 19.9 Å². The van der Waals surface area contributed by atoms with Crippen molar-refractivity contribution in [2.45, 2.75) is 33.0 Å².